The lowest BCUT2D eigenvalue weighted by Crippen LogP contribution is -2.58. The van der Waals surface area contributed by atoms with Crippen LogP contribution >= 0.6 is 11.6 Å². The molecule has 0 spiro atoms. The molecule has 3 aliphatic rings. The molecule has 0 aliphatic carbocycles. The van der Waals surface area contributed by atoms with Gasteiger partial charge in [-0.1, -0.05) is 23.7 Å². The van der Waals surface area contributed by atoms with E-state index in [1.807, 2.05) is 23.1 Å². The number of carbonyl (C=O) groups is 2. The monoisotopic (exact) mass is 404 g/mol. The molecule has 0 saturated carbocycles. The van der Waals surface area contributed by atoms with Gasteiger partial charge in [0.25, 0.3) is 0 Å². The fourth-order valence-corrected chi connectivity index (χ4v) is 4.93. The first kappa shape index (κ1) is 19.7. The van der Waals surface area contributed by atoms with E-state index in [0.29, 0.717) is 13.0 Å². The highest BCUT2D eigenvalue weighted by atomic mass is 35.5. The molecule has 0 aromatic heterocycles. The minimum atomic E-state index is -0.0856. The molecule has 28 heavy (non-hydrogen) atoms. The Morgan fingerprint density at radius 2 is 2.11 bits per heavy atom. The van der Waals surface area contributed by atoms with E-state index in [9.17, 15) is 9.59 Å². The van der Waals surface area contributed by atoms with E-state index in [1.54, 1.807) is 0 Å². The van der Waals surface area contributed by atoms with Gasteiger partial charge in [-0.15, -0.1) is 0 Å². The van der Waals surface area contributed by atoms with Crippen LogP contribution in [0.5, 0.6) is 0 Å². The molecular weight excluding hydrogens is 376 g/mol. The molecule has 0 radical (unpaired) electrons. The second-order valence-corrected chi connectivity index (χ2v) is 8.62. The van der Waals surface area contributed by atoms with Crippen molar-refractivity contribution >= 4 is 23.4 Å². The summed E-state index contributed by atoms with van der Waals surface area (Å²) < 4.78 is 0. The van der Waals surface area contributed by atoms with Crippen LogP contribution in [0.2, 0.25) is 5.02 Å². The Bertz CT molecular complexity index is 722. The molecule has 3 aliphatic heterocycles. The smallest absolute Gasteiger partial charge is 0.237 e. The van der Waals surface area contributed by atoms with Gasteiger partial charge in [0.2, 0.25) is 11.8 Å². The highest BCUT2D eigenvalue weighted by Crippen LogP contribution is 2.26. The summed E-state index contributed by atoms with van der Waals surface area (Å²) in [6.07, 6.45) is 4.44. The zero-order valence-electron chi connectivity index (χ0n) is 16.2. The molecule has 0 bridgehead atoms. The van der Waals surface area contributed by atoms with E-state index >= 15 is 0 Å². The molecule has 3 saturated heterocycles. The maximum Gasteiger partial charge on any atom is 0.237 e. The van der Waals surface area contributed by atoms with E-state index in [-0.39, 0.29) is 29.9 Å². The Morgan fingerprint density at radius 1 is 1.29 bits per heavy atom. The van der Waals surface area contributed by atoms with Crippen LogP contribution in [0.15, 0.2) is 24.3 Å². The Morgan fingerprint density at radius 3 is 2.89 bits per heavy atom. The van der Waals surface area contributed by atoms with Crippen LogP contribution in [-0.2, 0) is 16.1 Å². The number of halogens is 1. The number of hydrogen-bond acceptors (Lipinski definition) is 4. The average molecular weight is 405 g/mol. The van der Waals surface area contributed by atoms with Gasteiger partial charge in [-0.25, -0.2) is 0 Å². The number of carbonyl (C=O) groups excluding carboxylic acids is 2. The number of benzene rings is 1. The van der Waals surface area contributed by atoms with Gasteiger partial charge in [0.15, 0.2) is 0 Å². The van der Waals surface area contributed by atoms with Gasteiger partial charge in [0.05, 0.1) is 6.04 Å². The first-order valence-electron chi connectivity index (χ1n) is 10.4. The number of nitrogens with one attached hydrogen (secondary N) is 2. The summed E-state index contributed by atoms with van der Waals surface area (Å²) in [4.78, 5) is 29.0. The molecule has 3 fully saturated rings. The third kappa shape index (κ3) is 4.50. The van der Waals surface area contributed by atoms with Crippen LogP contribution < -0.4 is 10.6 Å². The maximum atomic E-state index is 12.4. The zero-order chi connectivity index (χ0) is 19.5. The molecule has 2 N–H and O–H groups in total. The number of piperazine rings is 1. The van der Waals surface area contributed by atoms with Crippen molar-refractivity contribution < 1.29 is 9.59 Å². The third-order valence-corrected chi connectivity index (χ3v) is 6.49. The predicted octanol–water partition coefficient (Wildman–Crippen LogP) is 1.77. The molecule has 2 amide bonds. The Kier molecular flexibility index (Phi) is 6.19. The molecule has 1 aromatic carbocycles. The van der Waals surface area contributed by atoms with Gasteiger partial charge < -0.3 is 15.5 Å². The second kappa shape index (κ2) is 8.80. The van der Waals surface area contributed by atoms with Crippen LogP contribution in [0.3, 0.4) is 0 Å². The van der Waals surface area contributed by atoms with Gasteiger partial charge in [0.1, 0.15) is 0 Å². The highest BCUT2D eigenvalue weighted by molar-refractivity contribution is 6.30. The summed E-state index contributed by atoms with van der Waals surface area (Å²) >= 11 is 6.07. The summed E-state index contributed by atoms with van der Waals surface area (Å²) in [5, 5.41) is 7.37. The van der Waals surface area contributed by atoms with Crippen molar-refractivity contribution in [3.05, 3.63) is 34.9 Å². The van der Waals surface area contributed by atoms with Crippen LogP contribution in [0, 0.1) is 0 Å². The molecule has 6 nitrogen and oxygen atoms in total. The van der Waals surface area contributed by atoms with Gasteiger partial charge in [0, 0.05) is 56.3 Å². The predicted molar refractivity (Wildman–Crippen MR) is 109 cm³/mol. The Balaban J connectivity index is 1.31. The fourth-order valence-electron chi connectivity index (χ4n) is 4.72. The molecule has 1 aromatic rings. The van der Waals surface area contributed by atoms with E-state index < -0.39 is 0 Å². The molecule has 0 unspecified atom stereocenters. The van der Waals surface area contributed by atoms with Crippen LogP contribution in [0.1, 0.15) is 37.7 Å². The fraction of sp³-hybridized carbons (Fsp3) is 0.619. The average Bonchev–Trinajstić information content (AvgIpc) is 3.36. The van der Waals surface area contributed by atoms with Crippen molar-refractivity contribution in [2.24, 2.45) is 0 Å². The van der Waals surface area contributed by atoms with Crippen LogP contribution in [0.4, 0.5) is 0 Å². The van der Waals surface area contributed by atoms with Crippen molar-refractivity contribution in [3.63, 3.8) is 0 Å². The lowest BCUT2D eigenvalue weighted by Gasteiger charge is -2.37. The first-order chi connectivity index (χ1) is 13.6. The van der Waals surface area contributed by atoms with E-state index in [2.05, 4.69) is 21.6 Å². The SMILES string of the molecule is O=C1NC[C@@H](CCC(=O)N2CCCC2)N2C[C@@H](NCc3cccc(Cl)c3)C[C@@H]12. The van der Waals surface area contributed by atoms with Gasteiger partial charge >= 0.3 is 0 Å². The quantitative estimate of drug-likeness (QED) is 0.758. The number of likely N-dealkylation sites (tertiary alicyclic amines) is 1. The largest absolute Gasteiger partial charge is 0.353 e. The number of rotatable bonds is 6. The van der Waals surface area contributed by atoms with E-state index in [0.717, 1.165) is 62.4 Å². The summed E-state index contributed by atoms with van der Waals surface area (Å²) in [7, 11) is 0. The van der Waals surface area contributed by atoms with Crippen molar-refractivity contribution in [2.75, 3.05) is 26.2 Å². The topological polar surface area (TPSA) is 64.7 Å². The van der Waals surface area contributed by atoms with Crippen molar-refractivity contribution in [2.45, 2.75) is 56.8 Å². The van der Waals surface area contributed by atoms with Crippen LogP contribution in [-0.4, -0.2) is 65.9 Å². The standard InChI is InChI=1S/C21H29ClN4O2/c22-16-5-3-4-15(10-16)12-23-17-11-19-21(28)24-13-18(26(19)14-17)6-7-20(27)25-8-1-2-9-25/h3-5,10,17-19,23H,1-2,6-9,11-14H2,(H,24,28)/t17-,18+,19-/m0/s1. The van der Waals surface area contributed by atoms with Crippen LogP contribution in [0.25, 0.3) is 0 Å². The highest BCUT2D eigenvalue weighted by Gasteiger charge is 2.43. The maximum absolute atomic E-state index is 12.4. The number of nitrogens with zero attached hydrogens (tertiary/aromatic N) is 2. The number of fused-ring (bicyclic) bond motifs is 1. The summed E-state index contributed by atoms with van der Waals surface area (Å²) in [6.45, 7) is 4.04. The molecular formula is C21H29ClN4O2. The summed E-state index contributed by atoms with van der Waals surface area (Å²) in [5.74, 6) is 0.384. The second-order valence-electron chi connectivity index (χ2n) is 8.18. The molecule has 3 atom stereocenters. The summed E-state index contributed by atoms with van der Waals surface area (Å²) in [6, 6.07) is 8.28. The van der Waals surface area contributed by atoms with Gasteiger partial charge in [-0.2, -0.15) is 0 Å². The minimum absolute atomic E-state index is 0.0856. The first-order valence-corrected chi connectivity index (χ1v) is 10.8. The van der Waals surface area contributed by atoms with Gasteiger partial charge in [-0.05, 0) is 43.4 Å². The third-order valence-electron chi connectivity index (χ3n) is 6.26. The molecule has 3 heterocycles. The lowest BCUT2D eigenvalue weighted by molar-refractivity contribution is -0.131. The molecule has 152 valence electrons. The minimum Gasteiger partial charge on any atom is -0.353 e. The van der Waals surface area contributed by atoms with Crippen molar-refractivity contribution in [1.29, 1.82) is 0 Å². The molecule has 4 rings (SSSR count). The van der Waals surface area contributed by atoms with E-state index in [4.69, 9.17) is 11.6 Å². The normalized spacial score (nSPS) is 27.7. The van der Waals surface area contributed by atoms with Crippen molar-refractivity contribution in [3.8, 4) is 0 Å². The zero-order valence-corrected chi connectivity index (χ0v) is 17.0. The number of hydrogen-bond donors (Lipinski definition) is 2. The summed E-state index contributed by atoms with van der Waals surface area (Å²) in [5.41, 5.74) is 1.15. The van der Waals surface area contributed by atoms with Crippen molar-refractivity contribution in [1.82, 2.24) is 20.4 Å². The Labute approximate surface area is 171 Å². The Hall–Kier alpha value is -1.63. The molecule has 7 heteroatoms. The lowest BCUT2D eigenvalue weighted by atomic mass is 10.0. The van der Waals surface area contributed by atoms with Gasteiger partial charge in [-0.3, -0.25) is 14.5 Å². The number of amides is 2. The van der Waals surface area contributed by atoms with E-state index in [1.165, 1.54) is 0 Å².